The predicted molar refractivity (Wildman–Crippen MR) is 103 cm³/mol. The quantitative estimate of drug-likeness (QED) is 0.781. The summed E-state index contributed by atoms with van der Waals surface area (Å²) in [6.45, 7) is 4.98. The zero-order valence-corrected chi connectivity index (χ0v) is 15.8. The van der Waals surface area contributed by atoms with Crippen molar-refractivity contribution >= 4 is 5.57 Å². The van der Waals surface area contributed by atoms with E-state index in [1.807, 2.05) is 0 Å². The van der Waals surface area contributed by atoms with Gasteiger partial charge in [-0.3, -0.25) is 4.90 Å². The van der Waals surface area contributed by atoms with Gasteiger partial charge in [0.15, 0.2) is 0 Å². The second-order valence-electron chi connectivity index (χ2n) is 7.41. The summed E-state index contributed by atoms with van der Waals surface area (Å²) in [6.07, 6.45) is -2.55. The van der Waals surface area contributed by atoms with E-state index in [-0.39, 0.29) is 11.4 Å². The lowest BCUT2D eigenvalue weighted by molar-refractivity contribution is 0.151. The third kappa shape index (κ3) is 3.93. The molecule has 2 heterocycles. The first kappa shape index (κ1) is 19.0. The van der Waals surface area contributed by atoms with Gasteiger partial charge in [0.1, 0.15) is 18.2 Å². The Hall–Kier alpha value is -2.31. The summed E-state index contributed by atoms with van der Waals surface area (Å²) in [7, 11) is 2.10. The number of fused-ring (bicyclic) bond motifs is 1. The van der Waals surface area contributed by atoms with Crippen LogP contribution in [0.1, 0.15) is 23.1 Å². The number of rotatable bonds is 4. The molecule has 0 unspecified atom stereocenters. The van der Waals surface area contributed by atoms with Crippen molar-refractivity contribution in [1.29, 1.82) is 0 Å². The zero-order chi connectivity index (χ0) is 19.7. The van der Waals surface area contributed by atoms with E-state index < -0.39 is 6.43 Å². The summed E-state index contributed by atoms with van der Waals surface area (Å²) < 4.78 is 46.0. The van der Waals surface area contributed by atoms with Crippen LogP contribution in [0.2, 0.25) is 0 Å². The van der Waals surface area contributed by atoms with Crippen LogP contribution in [0.5, 0.6) is 5.75 Å². The fraction of sp³-hybridized carbons (Fsp3) is 0.364. The number of hydrogen-bond donors (Lipinski definition) is 0. The highest BCUT2D eigenvalue weighted by Crippen LogP contribution is 2.39. The smallest absolute Gasteiger partial charge is 0.263 e. The molecule has 2 aliphatic rings. The fourth-order valence-electron chi connectivity index (χ4n) is 3.81. The minimum Gasteiger partial charge on any atom is -0.489 e. The van der Waals surface area contributed by atoms with Crippen LogP contribution in [0.15, 0.2) is 48.0 Å². The largest absolute Gasteiger partial charge is 0.489 e. The van der Waals surface area contributed by atoms with Crippen LogP contribution in [-0.4, -0.2) is 56.2 Å². The number of alkyl halides is 2. The second-order valence-corrected chi connectivity index (χ2v) is 7.41. The molecular weight excluding hydrogens is 365 g/mol. The van der Waals surface area contributed by atoms with Crippen LogP contribution >= 0.6 is 0 Å². The van der Waals surface area contributed by atoms with Crippen molar-refractivity contribution in [2.45, 2.75) is 6.43 Å². The number of likely N-dealkylation sites (N-methyl/N-ethyl adjacent to an activating group) is 1. The Kier molecular flexibility index (Phi) is 5.42. The Morgan fingerprint density at radius 2 is 1.71 bits per heavy atom. The van der Waals surface area contributed by atoms with Crippen LogP contribution in [0.3, 0.4) is 0 Å². The molecule has 0 aliphatic carbocycles. The van der Waals surface area contributed by atoms with Crippen LogP contribution in [0.4, 0.5) is 13.2 Å². The molecule has 0 amide bonds. The lowest BCUT2D eigenvalue weighted by Gasteiger charge is -2.34. The van der Waals surface area contributed by atoms with Gasteiger partial charge in [-0.1, -0.05) is 12.1 Å². The number of halogens is 3. The van der Waals surface area contributed by atoms with Crippen LogP contribution < -0.4 is 4.74 Å². The van der Waals surface area contributed by atoms with E-state index in [1.54, 1.807) is 18.2 Å². The average molecular weight is 388 g/mol. The first-order chi connectivity index (χ1) is 13.5. The molecule has 0 N–H and O–H groups in total. The molecule has 0 bridgehead atoms. The molecule has 2 aromatic carbocycles. The highest BCUT2D eigenvalue weighted by Gasteiger charge is 2.25. The predicted octanol–water partition coefficient (Wildman–Crippen LogP) is 4.21. The fourth-order valence-corrected chi connectivity index (χ4v) is 3.81. The van der Waals surface area contributed by atoms with Crippen molar-refractivity contribution < 1.29 is 17.9 Å². The maximum atomic E-state index is 13.5. The number of hydrogen-bond acceptors (Lipinski definition) is 3. The number of nitrogens with zero attached hydrogens (tertiary/aromatic N) is 2. The van der Waals surface area contributed by atoms with E-state index in [9.17, 15) is 13.2 Å². The van der Waals surface area contributed by atoms with Crippen molar-refractivity contribution in [2.75, 3.05) is 46.4 Å². The number of piperazine rings is 1. The van der Waals surface area contributed by atoms with Gasteiger partial charge in [0, 0.05) is 43.9 Å². The van der Waals surface area contributed by atoms with E-state index in [2.05, 4.69) is 16.8 Å². The van der Waals surface area contributed by atoms with Crippen LogP contribution in [-0.2, 0) is 0 Å². The van der Waals surface area contributed by atoms with E-state index in [4.69, 9.17) is 4.74 Å². The zero-order valence-electron chi connectivity index (χ0n) is 15.8. The summed E-state index contributed by atoms with van der Waals surface area (Å²) in [5, 5.41) is 0. The molecular formula is C22H23F3N2O. The molecule has 0 saturated carbocycles. The summed E-state index contributed by atoms with van der Waals surface area (Å²) in [5.41, 5.74) is 3.35. The third-order valence-corrected chi connectivity index (χ3v) is 5.42. The van der Waals surface area contributed by atoms with E-state index in [0.29, 0.717) is 24.5 Å². The lowest BCUT2D eigenvalue weighted by Crippen LogP contribution is -2.45. The molecule has 0 atom stereocenters. The van der Waals surface area contributed by atoms with Crippen LogP contribution in [0.25, 0.3) is 5.57 Å². The topological polar surface area (TPSA) is 15.7 Å². The van der Waals surface area contributed by atoms with Crippen molar-refractivity contribution in [3.05, 3.63) is 70.5 Å². The highest BCUT2D eigenvalue weighted by molar-refractivity contribution is 5.86. The highest BCUT2D eigenvalue weighted by atomic mass is 19.3. The van der Waals surface area contributed by atoms with Gasteiger partial charge in [-0.2, -0.15) is 0 Å². The normalized spacial score (nSPS) is 18.3. The molecule has 0 aromatic heterocycles. The second kappa shape index (κ2) is 7.97. The third-order valence-electron chi connectivity index (χ3n) is 5.42. The first-order valence-electron chi connectivity index (χ1n) is 9.45. The molecule has 3 nitrogen and oxygen atoms in total. The van der Waals surface area contributed by atoms with Gasteiger partial charge < -0.3 is 9.64 Å². The maximum Gasteiger partial charge on any atom is 0.263 e. The van der Waals surface area contributed by atoms with Crippen molar-refractivity contribution in [3.8, 4) is 5.75 Å². The molecule has 6 heteroatoms. The molecule has 0 radical (unpaired) electrons. The molecule has 148 valence electrons. The molecule has 28 heavy (non-hydrogen) atoms. The maximum absolute atomic E-state index is 13.5. The van der Waals surface area contributed by atoms with E-state index in [1.165, 1.54) is 24.3 Å². The summed E-state index contributed by atoms with van der Waals surface area (Å²) >= 11 is 0. The standard InChI is InChI=1S/C22H23F3N2O/c1-26-8-10-27(11-9-26)13-17-14-28-20-7-4-16(22(24)25)12-19(20)21(17)15-2-5-18(23)6-3-15/h2-7,12,22H,8-11,13-14H2,1H3. The van der Waals surface area contributed by atoms with Gasteiger partial charge in [-0.05, 0) is 54.1 Å². The van der Waals surface area contributed by atoms with E-state index in [0.717, 1.165) is 42.9 Å². The molecule has 2 aliphatic heterocycles. The molecule has 0 spiro atoms. The minimum atomic E-state index is -2.55. The van der Waals surface area contributed by atoms with Gasteiger partial charge in [-0.15, -0.1) is 0 Å². The SMILES string of the molecule is CN1CCN(CC2=C(c3ccc(F)cc3)c3cc(C(F)F)ccc3OC2)CC1. The summed E-state index contributed by atoms with van der Waals surface area (Å²) in [5.74, 6) is 0.268. The van der Waals surface area contributed by atoms with Crippen molar-refractivity contribution in [3.63, 3.8) is 0 Å². The monoisotopic (exact) mass is 388 g/mol. The Balaban J connectivity index is 1.77. The van der Waals surface area contributed by atoms with Gasteiger partial charge in [0.25, 0.3) is 6.43 Å². The summed E-state index contributed by atoms with van der Waals surface area (Å²) in [6, 6.07) is 10.7. The van der Waals surface area contributed by atoms with Gasteiger partial charge in [0.05, 0.1) is 0 Å². The Morgan fingerprint density at radius 3 is 2.39 bits per heavy atom. The van der Waals surface area contributed by atoms with Gasteiger partial charge in [0.2, 0.25) is 0 Å². The first-order valence-corrected chi connectivity index (χ1v) is 9.45. The Bertz CT molecular complexity index is 872. The minimum absolute atomic E-state index is 0.0391. The molecule has 1 saturated heterocycles. The van der Waals surface area contributed by atoms with E-state index >= 15 is 0 Å². The number of benzene rings is 2. The average Bonchev–Trinajstić information content (AvgIpc) is 2.70. The Morgan fingerprint density at radius 1 is 1.00 bits per heavy atom. The molecule has 4 rings (SSSR count). The molecule has 2 aromatic rings. The number of ether oxygens (including phenoxy) is 1. The van der Waals surface area contributed by atoms with Gasteiger partial charge in [-0.25, -0.2) is 13.2 Å². The molecule has 1 fully saturated rings. The lowest BCUT2D eigenvalue weighted by atomic mass is 9.89. The Labute approximate surface area is 163 Å². The summed E-state index contributed by atoms with van der Waals surface area (Å²) in [4.78, 5) is 4.64. The van der Waals surface area contributed by atoms with Crippen molar-refractivity contribution in [1.82, 2.24) is 9.80 Å². The van der Waals surface area contributed by atoms with Gasteiger partial charge >= 0.3 is 0 Å². The van der Waals surface area contributed by atoms with Crippen molar-refractivity contribution in [2.24, 2.45) is 0 Å². The van der Waals surface area contributed by atoms with Crippen LogP contribution in [0, 0.1) is 5.82 Å².